The quantitative estimate of drug-likeness (QED) is 0.509. The van der Waals surface area contributed by atoms with E-state index in [1.807, 2.05) is 51.1 Å². The molecule has 0 aliphatic carbocycles. The van der Waals surface area contributed by atoms with Gasteiger partial charge in [-0.1, -0.05) is 13.0 Å². The maximum absolute atomic E-state index is 12.0. The molecule has 0 bridgehead atoms. The standard InChI is InChI=1S/C23H26N2O3.CH4O/c1-4-12-28-23(26)18-7-9-19(10-8-18)25-22-13-16(3)24-21-11-6-17(14-20(21)22)15-27-5-2;1-2/h6-11,13-14H,4-5,12,15H2,1-3H3,(H,24,25);2H,1H3. The zero-order valence-corrected chi connectivity index (χ0v) is 18.1. The fourth-order valence-electron chi connectivity index (χ4n) is 2.94. The molecule has 0 amide bonds. The van der Waals surface area contributed by atoms with Gasteiger partial charge in [0, 0.05) is 36.2 Å². The number of aromatic nitrogens is 1. The second kappa shape index (κ2) is 11.9. The predicted molar refractivity (Wildman–Crippen MR) is 120 cm³/mol. The van der Waals surface area contributed by atoms with Crippen LogP contribution < -0.4 is 5.32 Å². The van der Waals surface area contributed by atoms with Crippen molar-refractivity contribution in [1.29, 1.82) is 0 Å². The normalized spacial score (nSPS) is 10.3. The average molecular weight is 411 g/mol. The van der Waals surface area contributed by atoms with E-state index in [4.69, 9.17) is 14.6 Å². The molecule has 2 aromatic carbocycles. The summed E-state index contributed by atoms with van der Waals surface area (Å²) in [6.45, 7) is 7.63. The number of anilines is 2. The number of aliphatic hydroxyl groups excluding tert-OH is 1. The van der Waals surface area contributed by atoms with Crippen molar-refractivity contribution in [3.05, 3.63) is 65.4 Å². The third kappa shape index (κ3) is 6.27. The van der Waals surface area contributed by atoms with E-state index in [1.165, 1.54) is 0 Å². The van der Waals surface area contributed by atoms with Gasteiger partial charge in [0.15, 0.2) is 0 Å². The zero-order chi connectivity index (χ0) is 21.9. The highest BCUT2D eigenvalue weighted by atomic mass is 16.5. The van der Waals surface area contributed by atoms with Gasteiger partial charge in [-0.05, 0) is 68.3 Å². The molecule has 6 heteroatoms. The minimum absolute atomic E-state index is 0.292. The summed E-state index contributed by atoms with van der Waals surface area (Å²) in [6, 6.07) is 15.5. The lowest BCUT2D eigenvalue weighted by molar-refractivity contribution is 0.0505. The molecule has 160 valence electrons. The molecule has 0 radical (unpaired) electrons. The number of nitrogens with zero attached hydrogens (tertiary/aromatic N) is 1. The second-order valence-corrected chi connectivity index (χ2v) is 6.64. The van der Waals surface area contributed by atoms with Crippen molar-refractivity contribution < 1.29 is 19.4 Å². The van der Waals surface area contributed by atoms with Crippen LogP contribution >= 0.6 is 0 Å². The van der Waals surface area contributed by atoms with Crippen molar-refractivity contribution in [2.75, 3.05) is 25.6 Å². The van der Waals surface area contributed by atoms with Gasteiger partial charge in [0.05, 0.1) is 24.3 Å². The first-order valence-corrected chi connectivity index (χ1v) is 10.1. The van der Waals surface area contributed by atoms with Crippen molar-refractivity contribution in [2.24, 2.45) is 0 Å². The number of carbonyl (C=O) groups excluding carboxylic acids is 1. The van der Waals surface area contributed by atoms with Gasteiger partial charge in [-0.15, -0.1) is 0 Å². The Balaban J connectivity index is 0.00000155. The van der Waals surface area contributed by atoms with E-state index in [-0.39, 0.29) is 5.97 Å². The second-order valence-electron chi connectivity index (χ2n) is 6.64. The van der Waals surface area contributed by atoms with E-state index in [1.54, 1.807) is 12.1 Å². The first-order valence-electron chi connectivity index (χ1n) is 10.1. The largest absolute Gasteiger partial charge is 0.462 e. The summed E-state index contributed by atoms with van der Waals surface area (Å²) in [4.78, 5) is 16.6. The fourth-order valence-corrected chi connectivity index (χ4v) is 2.94. The molecule has 0 atom stereocenters. The Bertz CT molecular complexity index is 955. The van der Waals surface area contributed by atoms with E-state index in [0.717, 1.165) is 47.1 Å². The summed E-state index contributed by atoms with van der Waals surface area (Å²) >= 11 is 0. The molecule has 0 fully saturated rings. The molecule has 3 aromatic rings. The van der Waals surface area contributed by atoms with Crippen molar-refractivity contribution >= 4 is 28.2 Å². The molecule has 0 unspecified atom stereocenters. The SMILES string of the molecule is CCCOC(=O)c1ccc(Nc2cc(C)nc3ccc(COCC)cc23)cc1.CO. The number of fused-ring (bicyclic) bond motifs is 1. The molecule has 6 nitrogen and oxygen atoms in total. The molecule has 1 aromatic heterocycles. The number of hydrogen-bond donors (Lipinski definition) is 2. The monoisotopic (exact) mass is 410 g/mol. The molecule has 3 rings (SSSR count). The minimum atomic E-state index is -0.292. The Hall–Kier alpha value is -2.96. The van der Waals surface area contributed by atoms with Crippen molar-refractivity contribution in [3.8, 4) is 0 Å². The van der Waals surface area contributed by atoms with Gasteiger partial charge in [-0.3, -0.25) is 4.98 Å². The van der Waals surface area contributed by atoms with Gasteiger partial charge in [0.2, 0.25) is 0 Å². The number of nitrogens with one attached hydrogen (secondary N) is 1. The van der Waals surface area contributed by atoms with E-state index in [2.05, 4.69) is 16.4 Å². The fraction of sp³-hybridized carbons (Fsp3) is 0.333. The number of esters is 1. The first kappa shape index (κ1) is 23.3. The maximum Gasteiger partial charge on any atom is 0.338 e. The number of carbonyl (C=O) groups is 1. The molecule has 0 spiro atoms. The Labute approximate surface area is 177 Å². The third-order valence-electron chi connectivity index (χ3n) is 4.31. The van der Waals surface area contributed by atoms with Crippen LogP contribution in [0.3, 0.4) is 0 Å². The van der Waals surface area contributed by atoms with Crippen LogP contribution in [-0.4, -0.2) is 36.4 Å². The minimum Gasteiger partial charge on any atom is -0.462 e. The summed E-state index contributed by atoms with van der Waals surface area (Å²) in [5.74, 6) is -0.292. The molecule has 0 saturated heterocycles. The van der Waals surface area contributed by atoms with E-state index in [0.29, 0.717) is 25.4 Å². The van der Waals surface area contributed by atoms with Crippen LogP contribution in [-0.2, 0) is 16.1 Å². The van der Waals surface area contributed by atoms with Crippen LogP contribution in [0.15, 0.2) is 48.5 Å². The highest BCUT2D eigenvalue weighted by Gasteiger charge is 2.09. The zero-order valence-electron chi connectivity index (χ0n) is 18.1. The lowest BCUT2D eigenvalue weighted by atomic mass is 10.1. The molecule has 0 saturated carbocycles. The predicted octanol–water partition coefficient (Wildman–Crippen LogP) is 5.00. The average Bonchev–Trinajstić information content (AvgIpc) is 2.78. The number of ether oxygens (including phenoxy) is 2. The Kier molecular flexibility index (Phi) is 9.25. The number of aryl methyl sites for hydroxylation is 1. The Morgan fingerprint density at radius 3 is 2.47 bits per heavy atom. The summed E-state index contributed by atoms with van der Waals surface area (Å²) in [5, 5.41) is 11.5. The Morgan fingerprint density at radius 2 is 1.80 bits per heavy atom. The topological polar surface area (TPSA) is 80.7 Å². The summed E-state index contributed by atoms with van der Waals surface area (Å²) in [6.07, 6.45) is 0.811. The highest BCUT2D eigenvalue weighted by molar-refractivity contribution is 5.94. The molecule has 2 N–H and O–H groups in total. The van der Waals surface area contributed by atoms with Crippen molar-refractivity contribution in [3.63, 3.8) is 0 Å². The first-order chi connectivity index (χ1) is 14.6. The lowest BCUT2D eigenvalue weighted by Gasteiger charge is -2.13. The van der Waals surface area contributed by atoms with Gasteiger partial charge in [0.1, 0.15) is 0 Å². The van der Waals surface area contributed by atoms with Crippen LogP contribution in [0.2, 0.25) is 0 Å². The maximum atomic E-state index is 12.0. The van der Waals surface area contributed by atoms with Crippen LogP contribution in [0.1, 0.15) is 41.9 Å². The molecule has 30 heavy (non-hydrogen) atoms. The van der Waals surface area contributed by atoms with Crippen LogP contribution in [0, 0.1) is 6.92 Å². The molecular weight excluding hydrogens is 380 g/mol. The van der Waals surface area contributed by atoms with Crippen LogP contribution in [0.4, 0.5) is 11.4 Å². The lowest BCUT2D eigenvalue weighted by Crippen LogP contribution is -2.05. The Morgan fingerprint density at radius 1 is 1.07 bits per heavy atom. The number of rotatable bonds is 8. The van der Waals surface area contributed by atoms with Gasteiger partial charge in [-0.2, -0.15) is 0 Å². The van der Waals surface area contributed by atoms with Gasteiger partial charge in [-0.25, -0.2) is 4.79 Å². The number of benzene rings is 2. The van der Waals surface area contributed by atoms with Crippen LogP contribution in [0.5, 0.6) is 0 Å². The van der Waals surface area contributed by atoms with Gasteiger partial charge in [0.25, 0.3) is 0 Å². The summed E-state index contributed by atoms with van der Waals surface area (Å²) in [5.41, 5.74) is 5.40. The van der Waals surface area contributed by atoms with E-state index in [9.17, 15) is 4.79 Å². The third-order valence-corrected chi connectivity index (χ3v) is 4.31. The van der Waals surface area contributed by atoms with E-state index < -0.39 is 0 Å². The van der Waals surface area contributed by atoms with E-state index >= 15 is 0 Å². The van der Waals surface area contributed by atoms with Gasteiger partial charge >= 0.3 is 5.97 Å². The smallest absolute Gasteiger partial charge is 0.338 e. The van der Waals surface area contributed by atoms with Gasteiger partial charge < -0.3 is 19.9 Å². The highest BCUT2D eigenvalue weighted by Crippen LogP contribution is 2.28. The van der Waals surface area contributed by atoms with Crippen molar-refractivity contribution in [2.45, 2.75) is 33.8 Å². The number of pyridine rings is 1. The number of hydrogen-bond acceptors (Lipinski definition) is 6. The number of aliphatic hydroxyl groups is 1. The molecule has 1 heterocycles. The molecule has 0 aliphatic rings. The van der Waals surface area contributed by atoms with Crippen molar-refractivity contribution in [1.82, 2.24) is 4.98 Å². The molecular formula is C24H30N2O4. The van der Waals surface area contributed by atoms with Crippen LogP contribution in [0.25, 0.3) is 10.9 Å². The summed E-state index contributed by atoms with van der Waals surface area (Å²) < 4.78 is 10.7. The summed E-state index contributed by atoms with van der Waals surface area (Å²) in [7, 11) is 1.00. The molecule has 0 aliphatic heterocycles.